The maximum absolute atomic E-state index is 13.0. The van der Waals surface area contributed by atoms with Gasteiger partial charge in [0.15, 0.2) is 5.78 Å². The van der Waals surface area contributed by atoms with E-state index >= 15 is 0 Å². The Labute approximate surface area is 156 Å². The molecule has 1 aliphatic carbocycles. The van der Waals surface area contributed by atoms with Crippen molar-refractivity contribution in [2.75, 3.05) is 0 Å². The molecule has 0 bridgehead atoms. The van der Waals surface area contributed by atoms with Gasteiger partial charge in [-0.1, -0.05) is 24.6 Å². The van der Waals surface area contributed by atoms with Gasteiger partial charge in [0.1, 0.15) is 4.83 Å². The summed E-state index contributed by atoms with van der Waals surface area (Å²) in [6, 6.07) is 5.83. The van der Waals surface area contributed by atoms with Crippen LogP contribution in [0.5, 0.6) is 0 Å². The van der Waals surface area contributed by atoms with E-state index in [1.165, 1.54) is 15.8 Å². The minimum Gasteiger partial charge on any atom is -0.292 e. The molecule has 2 heterocycles. The summed E-state index contributed by atoms with van der Waals surface area (Å²) in [5, 5.41) is 0.730. The molecule has 0 N–H and O–H groups in total. The first-order chi connectivity index (χ1) is 12.4. The van der Waals surface area contributed by atoms with Crippen LogP contribution in [0, 0.1) is 19.8 Å². The Morgan fingerprint density at radius 2 is 2.15 bits per heavy atom. The van der Waals surface area contributed by atoms with E-state index < -0.39 is 0 Å². The molecule has 5 heteroatoms. The number of carbonyl (C=O) groups excluding carboxylic acids is 1. The van der Waals surface area contributed by atoms with Gasteiger partial charge < -0.3 is 0 Å². The molecule has 1 atom stereocenters. The van der Waals surface area contributed by atoms with Gasteiger partial charge in [0, 0.05) is 10.4 Å². The van der Waals surface area contributed by atoms with Gasteiger partial charge in [0.2, 0.25) is 0 Å². The molecule has 0 saturated heterocycles. The molecular weight excluding hydrogens is 344 g/mol. The van der Waals surface area contributed by atoms with Crippen molar-refractivity contribution < 1.29 is 4.79 Å². The minimum absolute atomic E-state index is 0.0348. The first-order valence-electron chi connectivity index (χ1n) is 9.04. The number of thiophene rings is 1. The molecule has 0 radical (unpaired) electrons. The smallest absolute Gasteiger partial charge is 0.262 e. The second kappa shape index (κ2) is 6.47. The highest BCUT2D eigenvalue weighted by Gasteiger charge is 2.23. The number of hydrogen-bond donors (Lipinski definition) is 0. The number of hydrogen-bond acceptors (Lipinski definition) is 4. The van der Waals surface area contributed by atoms with Crippen LogP contribution in [0.15, 0.2) is 29.3 Å². The third-order valence-corrected chi connectivity index (χ3v) is 6.45. The number of aromatic nitrogens is 2. The van der Waals surface area contributed by atoms with Crippen LogP contribution in [0.2, 0.25) is 0 Å². The number of benzene rings is 1. The summed E-state index contributed by atoms with van der Waals surface area (Å²) in [5.41, 5.74) is 3.73. The standard InChI is InChI=1S/C21H22N2O2S/c1-12-4-6-14(3)16(8-12)17(24)10-23-11-22-20-19(21(23)25)15-7-5-13(2)9-18(15)26-20/h4,6,8,11,13H,5,7,9-10H2,1-3H3/t13-/m1/s1. The zero-order valence-corrected chi connectivity index (χ0v) is 16.2. The Bertz CT molecular complexity index is 1080. The monoisotopic (exact) mass is 366 g/mol. The summed E-state index contributed by atoms with van der Waals surface area (Å²) in [5.74, 6) is 0.607. The lowest BCUT2D eigenvalue weighted by Crippen LogP contribution is -2.25. The highest BCUT2D eigenvalue weighted by atomic mass is 32.1. The SMILES string of the molecule is Cc1ccc(C)c(C(=O)Cn2cnc3sc4c(c3c2=O)CC[C@@H](C)C4)c1. The topological polar surface area (TPSA) is 52.0 Å². The number of aryl methyl sites for hydroxylation is 3. The summed E-state index contributed by atoms with van der Waals surface area (Å²) in [7, 11) is 0. The van der Waals surface area contributed by atoms with Crippen molar-refractivity contribution in [1.29, 1.82) is 0 Å². The number of fused-ring (bicyclic) bond motifs is 3. The molecule has 134 valence electrons. The Hall–Kier alpha value is -2.27. The molecule has 3 aromatic rings. The van der Waals surface area contributed by atoms with E-state index in [1.807, 2.05) is 32.0 Å². The Morgan fingerprint density at radius 3 is 2.96 bits per heavy atom. The number of rotatable bonds is 3. The molecule has 2 aromatic heterocycles. The van der Waals surface area contributed by atoms with Crippen LogP contribution in [0.1, 0.15) is 45.3 Å². The fourth-order valence-electron chi connectivity index (χ4n) is 3.75. The quantitative estimate of drug-likeness (QED) is 0.656. The number of ketones is 1. The molecule has 0 spiro atoms. The molecule has 0 aliphatic heterocycles. The van der Waals surface area contributed by atoms with E-state index in [1.54, 1.807) is 11.3 Å². The van der Waals surface area contributed by atoms with Crippen molar-refractivity contribution in [3.05, 3.63) is 62.0 Å². The third kappa shape index (κ3) is 2.90. The molecule has 4 nitrogen and oxygen atoms in total. The predicted octanol–water partition coefficient (Wildman–Crippen LogP) is 4.08. The molecule has 26 heavy (non-hydrogen) atoms. The molecule has 0 saturated carbocycles. The number of carbonyl (C=O) groups is 1. The van der Waals surface area contributed by atoms with Crippen molar-refractivity contribution in [3.8, 4) is 0 Å². The maximum atomic E-state index is 13.0. The lowest BCUT2D eigenvalue weighted by atomic mass is 9.89. The third-order valence-electron chi connectivity index (χ3n) is 5.29. The van der Waals surface area contributed by atoms with E-state index in [9.17, 15) is 9.59 Å². The molecule has 0 fully saturated rings. The fourth-order valence-corrected chi connectivity index (χ4v) is 5.10. The summed E-state index contributed by atoms with van der Waals surface area (Å²) >= 11 is 1.64. The van der Waals surface area contributed by atoms with Gasteiger partial charge in [0.05, 0.1) is 18.3 Å². The van der Waals surface area contributed by atoms with Crippen molar-refractivity contribution in [3.63, 3.8) is 0 Å². The Balaban J connectivity index is 1.74. The average molecular weight is 366 g/mol. The van der Waals surface area contributed by atoms with Gasteiger partial charge in [-0.15, -0.1) is 11.3 Å². The highest BCUT2D eigenvalue weighted by Crippen LogP contribution is 2.35. The molecule has 1 aromatic carbocycles. The Morgan fingerprint density at radius 1 is 1.35 bits per heavy atom. The van der Waals surface area contributed by atoms with Gasteiger partial charge in [0.25, 0.3) is 5.56 Å². The number of nitrogens with zero attached hydrogens (tertiary/aromatic N) is 2. The van der Waals surface area contributed by atoms with E-state index in [0.29, 0.717) is 11.5 Å². The predicted molar refractivity (Wildman–Crippen MR) is 105 cm³/mol. The van der Waals surface area contributed by atoms with Crippen LogP contribution < -0.4 is 5.56 Å². The van der Waals surface area contributed by atoms with E-state index in [0.717, 1.165) is 46.2 Å². The van der Waals surface area contributed by atoms with Crippen LogP contribution in [-0.4, -0.2) is 15.3 Å². The zero-order chi connectivity index (χ0) is 18.4. The van der Waals surface area contributed by atoms with Crippen LogP contribution >= 0.6 is 11.3 Å². The van der Waals surface area contributed by atoms with Crippen molar-refractivity contribution >= 4 is 27.3 Å². The van der Waals surface area contributed by atoms with Crippen LogP contribution in [0.3, 0.4) is 0 Å². The summed E-state index contributed by atoms with van der Waals surface area (Å²) in [6.45, 7) is 6.18. The van der Waals surface area contributed by atoms with Crippen LogP contribution in [0.25, 0.3) is 10.2 Å². The lowest BCUT2D eigenvalue weighted by molar-refractivity contribution is 0.0970. The van der Waals surface area contributed by atoms with Crippen molar-refractivity contribution in [2.45, 2.75) is 46.6 Å². The van der Waals surface area contributed by atoms with Crippen LogP contribution in [-0.2, 0) is 19.4 Å². The van der Waals surface area contributed by atoms with Crippen LogP contribution in [0.4, 0.5) is 0 Å². The maximum Gasteiger partial charge on any atom is 0.262 e. The minimum atomic E-state index is -0.0827. The average Bonchev–Trinajstić information content (AvgIpc) is 2.97. The summed E-state index contributed by atoms with van der Waals surface area (Å²) < 4.78 is 1.47. The van der Waals surface area contributed by atoms with Gasteiger partial charge in [-0.2, -0.15) is 0 Å². The van der Waals surface area contributed by atoms with Gasteiger partial charge in [-0.05, 0) is 56.2 Å². The first kappa shape index (κ1) is 17.2. The molecular formula is C21H22N2O2S. The fraction of sp³-hybridized carbons (Fsp3) is 0.381. The molecule has 1 aliphatic rings. The largest absolute Gasteiger partial charge is 0.292 e. The van der Waals surface area contributed by atoms with Gasteiger partial charge in [-0.25, -0.2) is 4.98 Å². The van der Waals surface area contributed by atoms with Gasteiger partial charge in [-0.3, -0.25) is 14.2 Å². The molecule has 4 rings (SSSR count). The second-order valence-electron chi connectivity index (χ2n) is 7.45. The van der Waals surface area contributed by atoms with Gasteiger partial charge >= 0.3 is 0 Å². The molecule has 0 amide bonds. The zero-order valence-electron chi connectivity index (χ0n) is 15.3. The van der Waals surface area contributed by atoms with E-state index in [2.05, 4.69) is 11.9 Å². The summed E-state index contributed by atoms with van der Waals surface area (Å²) in [6.07, 6.45) is 4.59. The lowest BCUT2D eigenvalue weighted by Gasteiger charge is -2.17. The van der Waals surface area contributed by atoms with E-state index in [4.69, 9.17) is 0 Å². The first-order valence-corrected chi connectivity index (χ1v) is 9.86. The van der Waals surface area contributed by atoms with E-state index in [-0.39, 0.29) is 17.9 Å². The number of Topliss-reactive ketones (excluding diaryl/α,β-unsaturated/α-hetero) is 1. The normalized spacial score (nSPS) is 16.7. The Kier molecular flexibility index (Phi) is 4.27. The van der Waals surface area contributed by atoms with Crippen molar-refractivity contribution in [2.24, 2.45) is 5.92 Å². The van der Waals surface area contributed by atoms with Crippen molar-refractivity contribution in [1.82, 2.24) is 9.55 Å². The molecule has 0 unspecified atom stereocenters. The highest BCUT2D eigenvalue weighted by molar-refractivity contribution is 7.18. The second-order valence-corrected chi connectivity index (χ2v) is 8.53. The summed E-state index contributed by atoms with van der Waals surface area (Å²) in [4.78, 5) is 32.4.